The summed E-state index contributed by atoms with van der Waals surface area (Å²) in [5.41, 5.74) is 6.85. The van der Waals surface area contributed by atoms with Crippen LogP contribution in [0.5, 0.6) is 0 Å². The van der Waals surface area contributed by atoms with Crippen LogP contribution in [0.15, 0.2) is 42.5 Å². The number of hydrogen-bond donors (Lipinski definition) is 2. The number of rotatable bonds is 8. The van der Waals surface area contributed by atoms with Gasteiger partial charge in [-0.05, 0) is 37.7 Å². The molecule has 28 heavy (non-hydrogen) atoms. The van der Waals surface area contributed by atoms with E-state index < -0.39 is 18.1 Å². The lowest BCUT2D eigenvalue weighted by molar-refractivity contribution is -0.146. The zero-order valence-corrected chi connectivity index (χ0v) is 16.3. The number of nitrogens with zero attached hydrogens (tertiary/aromatic N) is 1. The molecule has 0 bridgehead atoms. The van der Waals surface area contributed by atoms with Gasteiger partial charge in [0, 0.05) is 12.6 Å². The van der Waals surface area contributed by atoms with E-state index in [1.165, 1.54) is 0 Å². The predicted molar refractivity (Wildman–Crippen MR) is 107 cm³/mol. The van der Waals surface area contributed by atoms with Gasteiger partial charge in [-0.3, -0.25) is 4.79 Å². The van der Waals surface area contributed by atoms with Crippen LogP contribution in [0.1, 0.15) is 50.5 Å². The van der Waals surface area contributed by atoms with E-state index in [-0.39, 0.29) is 12.6 Å². The van der Waals surface area contributed by atoms with Crippen LogP contribution in [-0.2, 0) is 21.0 Å². The number of likely N-dealkylation sites (tertiary alicyclic amines) is 1. The van der Waals surface area contributed by atoms with Crippen molar-refractivity contribution in [3.8, 4) is 0 Å². The molecule has 1 unspecified atom stereocenters. The largest absolute Gasteiger partial charge is 0.460 e. The number of ether oxygens (including phenoxy) is 1. The molecule has 7 nitrogen and oxygen atoms in total. The van der Waals surface area contributed by atoms with Gasteiger partial charge in [0.15, 0.2) is 0 Å². The molecule has 0 aromatic heterocycles. The number of carbonyl (C=O) groups excluding carboxylic acids is 2. The summed E-state index contributed by atoms with van der Waals surface area (Å²) in [5.74, 6) is 4.66. The van der Waals surface area contributed by atoms with Gasteiger partial charge in [0.2, 0.25) is 0 Å². The van der Waals surface area contributed by atoms with Crippen molar-refractivity contribution in [2.75, 3.05) is 6.54 Å². The van der Waals surface area contributed by atoms with Gasteiger partial charge >= 0.3 is 12.1 Å². The van der Waals surface area contributed by atoms with Gasteiger partial charge in [-0.1, -0.05) is 55.3 Å². The summed E-state index contributed by atoms with van der Waals surface area (Å²) in [7, 11) is 0. The van der Waals surface area contributed by atoms with E-state index in [1.807, 2.05) is 42.5 Å². The minimum absolute atomic E-state index is 0.0966. The van der Waals surface area contributed by atoms with Crippen molar-refractivity contribution in [3.05, 3.63) is 48.0 Å². The van der Waals surface area contributed by atoms with E-state index in [9.17, 15) is 9.59 Å². The van der Waals surface area contributed by atoms with Crippen molar-refractivity contribution in [3.63, 3.8) is 0 Å². The molecule has 1 fully saturated rings. The Morgan fingerprint density at radius 3 is 2.71 bits per heavy atom. The van der Waals surface area contributed by atoms with E-state index in [1.54, 1.807) is 4.90 Å². The first-order valence-corrected chi connectivity index (χ1v) is 9.90. The second-order valence-corrected chi connectivity index (χ2v) is 7.06. The second-order valence-electron chi connectivity index (χ2n) is 7.06. The molecule has 2 atom stereocenters. The zero-order chi connectivity index (χ0) is 20.2. The minimum atomic E-state index is -0.644. The molecular formula is C21H31N3O4. The molecule has 1 aromatic carbocycles. The third-order valence-electron chi connectivity index (χ3n) is 4.96. The van der Waals surface area contributed by atoms with Gasteiger partial charge < -0.3 is 20.2 Å². The molecule has 1 aromatic rings. The number of carbonyl (C=O) groups is 2. The highest BCUT2D eigenvalue weighted by Crippen LogP contribution is 2.20. The molecule has 2 rings (SSSR count). The summed E-state index contributed by atoms with van der Waals surface area (Å²) in [6.45, 7) is 0.907. The second kappa shape index (κ2) is 12.2. The summed E-state index contributed by atoms with van der Waals surface area (Å²) in [4.78, 5) is 29.9. The van der Waals surface area contributed by atoms with Crippen LogP contribution < -0.4 is 11.6 Å². The van der Waals surface area contributed by atoms with Gasteiger partial charge in [-0.15, -0.1) is 0 Å². The smallest absolute Gasteiger partial charge is 0.428 e. The van der Waals surface area contributed by atoms with Crippen molar-refractivity contribution >= 4 is 12.1 Å². The van der Waals surface area contributed by atoms with Crippen LogP contribution in [0.3, 0.4) is 0 Å². The average Bonchev–Trinajstić information content (AvgIpc) is 2.97. The average molecular weight is 389 g/mol. The zero-order valence-electron chi connectivity index (χ0n) is 16.3. The van der Waals surface area contributed by atoms with Crippen molar-refractivity contribution in [2.24, 2.45) is 11.6 Å². The summed E-state index contributed by atoms with van der Waals surface area (Å²) < 4.78 is 5.25. The van der Waals surface area contributed by atoms with Gasteiger partial charge in [-0.25, -0.2) is 4.79 Å². The molecular weight excluding hydrogens is 358 g/mol. The Kier molecular flexibility index (Phi) is 9.51. The Morgan fingerprint density at radius 2 is 1.96 bits per heavy atom. The molecule has 4 N–H and O–H groups in total. The van der Waals surface area contributed by atoms with E-state index in [0.29, 0.717) is 19.4 Å². The number of hydrogen-bond acceptors (Lipinski definition) is 6. The first kappa shape index (κ1) is 21.9. The maximum Gasteiger partial charge on any atom is 0.428 e. The van der Waals surface area contributed by atoms with Crippen LogP contribution in [-0.4, -0.2) is 35.6 Å². The first-order valence-electron chi connectivity index (χ1n) is 9.90. The van der Waals surface area contributed by atoms with Crippen molar-refractivity contribution in [1.82, 2.24) is 4.90 Å². The Bertz CT molecular complexity index is 636. The highest BCUT2D eigenvalue weighted by atomic mass is 16.7. The number of allylic oxidation sites excluding steroid dienone is 1. The predicted octanol–water partition coefficient (Wildman–Crippen LogP) is 3.04. The summed E-state index contributed by atoms with van der Waals surface area (Å²) in [5, 5.41) is 0. The fraction of sp³-hybridized carbons (Fsp3) is 0.524. The van der Waals surface area contributed by atoms with Gasteiger partial charge in [-0.2, -0.15) is 5.90 Å². The number of benzene rings is 1. The molecule has 1 amide bonds. The minimum Gasteiger partial charge on any atom is -0.460 e. The highest BCUT2D eigenvalue weighted by molar-refractivity contribution is 5.75. The maximum atomic E-state index is 12.0. The van der Waals surface area contributed by atoms with E-state index in [0.717, 1.165) is 37.7 Å². The molecule has 1 saturated heterocycles. The van der Waals surface area contributed by atoms with Crippen molar-refractivity contribution < 1.29 is 19.2 Å². The van der Waals surface area contributed by atoms with Gasteiger partial charge in [0.25, 0.3) is 0 Å². The lowest BCUT2D eigenvalue weighted by Gasteiger charge is -2.27. The molecule has 154 valence electrons. The Morgan fingerprint density at radius 1 is 1.18 bits per heavy atom. The molecule has 1 aliphatic rings. The van der Waals surface area contributed by atoms with Gasteiger partial charge in [0.05, 0.1) is 0 Å². The van der Waals surface area contributed by atoms with Crippen LogP contribution in [0, 0.1) is 0 Å². The molecule has 7 heteroatoms. The quantitative estimate of drug-likeness (QED) is 0.402. The standard InChI is InChI=1S/C21H31N3O4/c22-19(20(25)27-16-17-10-4-1-5-11-17)14-8-2-6-12-18-13-7-3-9-15-24(18)21(26)28-23/h1-2,4-6,10-11,18-19H,3,7-9,12-16,22-23H2/b6-2-/t18-,19?/m0/s1. The molecule has 0 spiro atoms. The van der Waals surface area contributed by atoms with Gasteiger partial charge in [0.1, 0.15) is 12.6 Å². The van der Waals surface area contributed by atoms with Crippen LogP contribution in [0.4, 0.5) is 4.79 Å². The van der Waals surface area contributed by atoms with Crippen LogP contribution in [0.25, 0.3) is 0 Å². The number of esters is 1. The van der Waals surface area contributed by atoms with E-state index in [4.69, 9.17) is 16.4 Å². The molecule has 0 saturated carbocycles. The fourth-order valence-corrected chi connectivity index (χ4v) is 3.33. The fourth-order valence-electron chi connectivity index (χ4n) is 3.33. The Hall–Kier alpha value is -2.38. The summed E-state index contributed by atoms with van der Waals surface area (Å²) in [6, 6.07) is 8.97. The third-order valence-corrected chi connectivity index (χ3v) is 4.96. The van der Waals surface area contributed by atoms with Crippen molar-refractivity contribution in [1.29, 1.82) is 0 Å². The molecule has 0 radical (unpaired) electrons. The lowest BCUT2D eigenvalue weighted by atomic mass is 10.1. The number of amides is 1. The molecule has 1 aliphatic heterocycles. The summed E-state index contributed by atoms with van der Waals surface area (Å²) >= 11 is 0. The Balaban J connectivity index is 1.70. The monoisotopic (exact) mass is 389 g/mol. The topological polar surface area (TPSA) is 108 Å². The molecule has 0 aliphatic carbocycles. The van der Waals surface area contributed by atoms with Crippen LogP contribution in [0.2, 0.25) is 0 Å². The highest BCUT2D eigenvalue weighted by Gasteiger charge is 2.25. The van der Waals surface area contributed by atoms with Crippen molar-refractivity contribution in [2.45, 2.75) is 63.6 Å². The third kappa shape index (κ3) is 7.32. The molecule has 1 heterocycles. The lowest BCUT2D eigenvalue weighted by Crippen LogP contribution is -2.41. The van der Waals surface area contributed by atoms with E-state index in [2.05, 4.69) is 4.84 Å². The normalized spacial score (nSPS) is 18.5. The Labute approximate surface area is 166 Å². The maximum absolute atomic E-state index is 12.0. The summed E-state index contributed by atoms with van der Waals surface area (Å²) in [6.07, 6.45) is 9.60. The number of nitrogens with two attached hydrogens (primary N) is 2. The first-order chi connectivity index (χ1) is 13.6. The van der Waals surface area contributed by atoms with Crippen LogP contribution >= 0.6 is 0 Å². The SMILES string of the molecule is NOC(=O)N1CCCCC[C@@H]1C/C=C\CCC(N)C(=O)OCc1ccccc1. The van der Waals surface area contributed by atoms with E-state index >= 15 is 0 Å².